The van der Waals surface area contributed by atoms with E-state index in [9.17, 15) is 19.3 Å². The summed E-state index contributed by atoms with van der Waals surface area (Å²) >= 11 is 5.81. The largest absolute Gasteiger partial charge is 0.431 e. The summed E-state index contributed by atoms with van der Waals surface area (Å²) in [5.41, 5.74) is 1.07. The molecule has 0 amide bonds. The first-order valence-corrected chi connectivity index (χ1v) is 10.4. The van der Waals surface area contributed by atoms with Crippen LogP contribution in [0.25, 0.3) is 28.7 Å². The van der Waals surface area contributed by atoms with Crippen LogP contribution in [0.2, 0.25) is 5.02 Å². The number of oxazole rings is 1. The summed E-state index contributed by atoms with van der Waals surface area (Å²) in [6.07, 6.45) is 3.50. The lowest BCUT2D eigenvalue weighted by atomic mass is 10.1. The minimum absolute atomic E-state index is 0.0533. The van der Waals surface area contributed by atoms with Crippen LogP contribution in [0.4, 0.5) is 10.2 Å². The average Bonchev–Trinajstić information content (AvgIpc) is 3.54. The van der Waals surface area contributed by atoms with Gasteiger partial charge >= 0.3 is 11.5 Å². The van der Waals surface area contributed by atoms with E-state index in [1.54, 1.807) is 19.1 Å². The third kappa shape index (κ3) is 4.00. The maximum Gasteiger partial charge on any atom is 0.364 e. The van der Waals surface area contributed by atoms with Crippen molar-refractivity contribution < 1.29 is 13.7 Å². The van der Waals surface area contributed by atoms with Crippen LogP contribution >= 0.6 is 11.6 Å². The van der Waals surface area contributed by atoms with Gasteiger partial charge in [0.15, 0.2) is 11.6 Å². The van der Waals surface area contributed by atoms with Gasteiger partial charge in [-0.15, -0.1) is 0 Å². The van der Waals surface area contributed by atoms with E-state index in [4.69, 9.17) is 16.0 Å². The number of nitrogens with zero attached hydrogens (tertiary/aromatic N) is 5. The van der Waals surface area contributed by atoms with Gasteiger partial charge in [-0.05, 0) is 65.6 Å². The first-order chi connectivity index (χ1) is 15.8. The Morgan fingerprint density at radius 3 is 2.64 bits per heavy atom. The molecule has 1 aliphatic rings. The highest BCUT2D eigenvalue weighted by atomic mass is 35.5. The first-order valence-electron chi connectivity index (χ1n) is 10.00. The monoisotopic (exact) mass is 467 g/mol. The van der Waals surface area contributed by atoms with E-state index in [1.807, 2.05) is 0 Å². The summed E-state index contributed by atoms with van der Waals surface area (Å²) in [6, 6.07) is 8.63. The molecule has 9 nitrogen and oxygen atoms in total. The minimum atomic E-state index is -0.683. The number of hydrogen-bond donors (Lipinski definition) is 0. The molecule has 1 saturated carbocycles. The molecule has 5 rings (SSSR count). The van der Waals surface area contributed by atoms with Crippen molar-refractivity contribution in [3.8, 4) is 28.7 Å². The molecule has 1 aliphatic carbocycles. The van der Waals surface area contributed by atoms with Gasteiger partial charge in [-0.25, -0.2) is 13.8 Å². The molecule has 0 N–H and O–H groups in total. The van der Waals surface area contributed by atoms with Crippen molar-refractivity contribution in [2.24, 2.45) is 0 Å². The lowest BCUT2D eigenvalue weighted by Crippen LogP contribution is -2.22. The SMILES string of the molecule is Cc1cc(-c2nc(-n3ccc(C4CC4)nc3=O)c(-c3ccc(Cl)c(F)c3)o2)nc([N+](=O)[O-])c1. The van der Waals surface area contributed by atoms with E-state index in [0.717, 1.165) is 18.9 Å². The van der Waals surface area contributed by atoms with Gasteiger partial charge in [0.05, 0.1) is 10.7 Å². The second-order valence-corrected chi connectivity index (χ2v) is 8.13. The molecule has 0 unspecified atom stereocenters. The smallest absolute Gasteiger partial charge is 0.364 e. The highest BCUT2D eigenvalue weighted by molar-refractivity contribution is 6.30. The van der Waals surface area contributed by atoms with Crippen LogP contribution < -0.4 is 5.69 Å². The third-order valence-corrected chi connectivity index (χ3v) is 5.51. The maximum absolute atomic E-state index is 14.2. The van der Waals surface area contributed by atoms with E-state index >= 15 is 0 Å². The van der Waals surface area contributed by atoms with Crippen molar-refractivity contribution in [2.45, 2.75) is 25.7 Å². The van der Waals surface area contributed by atoms with Gasteiger partial charge in [-0.2, -0.15) is 9.97 Å². The highest BCUT2D eigenvalue weighted by Gasteiger charge is 2.27. The van der Waals surface area contributed by atoms with Gasteiger partial charge in [0, 0.05) is 23.7 Å². The zero-order valence-electron chi connectivity index (χ0n) is 17.2. The minimum Gasteiger partial charge on any atom is -0.431 e. The highest BCUT2D eigenvalue weighted by Crippen LogP contribution is 2.38. The van der Waals surface area contributed by atoms with Crippen molar-refractivity contribution in [3.63, 3.8) is 0 Å². The molecule has 0 bridgehead atoms. The topological polar surface area (TPSA) is 117 Å². The maximum atomic E-state index is 14.2. The fraction of sp³-hybridized carbons (Fsp3) is 0.182. The molecule has 1 fully saturated rings. The Hall–Kier alpha value is -3.92. The van der Waals surface area contributed by atoms with Crippen molar-refractivity contribution in [2.75, 3.05) is 0 Å². The van der Waals surface area contributed by atoms with Gasteiger partial charge in [-0.1, -0.05) is 11.6 Å². The number of rotatable bonds is 5. The number of aryl methyl sites for hydroxylation is 1. The van der Waals surface area contributed by atoms with Gasteiger partial charge in [0.25, 0.3) is 5.89 Å². The number of pyridine rings is 1. The molecule has 0 spiro atoms. The van der Waals surface area contributed by atoms with E-state index < -0.39 is 16.4 Å². The summed E-state index contributed by atoms with van der Waals surface area (Å²) in [6.45, 7) is 1.67. The molecule has 4 aromatic rings. The van der Waals surface area contributed by atoms with Crippen molar-refractivity contribution in [3.05, 3.63) is 85.3 Å². The predicted octanol–water partition coefficient (Wildman–Crippen LogP) is 4.84. The lowest BCUT2D eigenvalue weighted by Gasteiger charge is -2.05. The van der Waals surface area contributed by atoms with E-state index in [0.29, 0.717) is 11.3 Å². The normalized spacial score (nSPS) is 13.3. The fourth-order valence-corrected chi connectivity index (χ4v) is 3.56. The summed E-state index contributed by atoms with van der Waals surface area (Å²) < 4.78 is 21.3. The van der Waals surface area contributed by atoms with Gasteiger partial charge in [0.2, 0.25) is 5.69 Å². The van der Waals surface area contributed by atoms with Crippen LogP contribution in [0.1, 0.15) is 30.0 Å². The Morgan fingerprint density at radius 2 is 1.97 bits per heavy atom. The molecule has 11 heteroatoms. The molecule has 3 aromatic heterocycles. The molecule has 0 aliphatic heterocycles. The molecule has 33 heavy (non-hydrogen) atoms. The molecule has 3 heterocycles. The van der Waals surface area contributed by atoms with Crippen LogP contribution in [-0.4, -0.2) is 24.4 Å². The second-order valence-electron chi connectivity index (χ2n) is 7.72. The molecular formula is C22H15ClFN5O4. The second kappa shape index (κ2) is 7.89. The Balaban J connectivity index is 1.71. The van der Waals surface area contributed by atoms with Gasteiger partial charge in [-0.3, -0.25) is 0 Å². The fourth-order valence-electron chi connectivity index (χ4n) is 3.45. The molecule has 1 aromatic carbocycles. The van der Waals surface area contributed by atoms with Gasteiger partial charge < -0.3 is 14.5 Å². The molecular weight excluding hydrogens is 453 g/mol. The summed E-state index contributed by atoms with van der Waals surface area (Å²) in [4.78, 5) is 35.9. The Kier molecular flexibility index (Phi) is 5.01. The van der Waals surface area contributed by atoms with Crippen molar-refractivity contribution >= 4 is 17.4 Å². The number of halogens is 2. The average molecular weight is 468 g/mol. The van der Waals surface area contributed by atoms with Crippen LogP contribution in [0.3, 0.4) is 0 Å². The van der Waals surface area contributed by atoms with E-state index in [2.05, 4.69) is 15.0 Å². The van der Waals surface area contributed by atoms with Crippen LogP contribution in [0.15, 0.2) is 51.8 Å². The zero-order valence-corrected chi connectivity index (χ0v) is 17.9. The standard InChI is InChI=1S/C22H15ClFN5O4/c1-11-8-17(25-18(9-11)29(31)32)21-27-20(19(33-21)13-4-5-14(23)15(24)10-13)28-7-6-16(12-2-3-12)26-22(28)30/h4-10,12H,2-3H2,1H3. The Labute approximate surface area is 190 Å². The molecule has 0 saturated heterocycles. The number of benzene rings is 1. The number of hydrogen-bond acceptors (Lipinski definition) is 7. The van der Waals surface area contributed by atoms with Crippen LogP contribution in [0.5, 0.6) is 0 Å². The molecule has 166 valence electrons. The molecule has 0 radical (unpaired) electrons. The van der Waals surface area contributed by atoms with E-state index in [1.165, 1.54) is 29.0 Å². The Morgan fingerprint density at radius 1 is 1.18 bits per heavy atom. The van der Waals surface area contributed by atoms with Crippen molar-refractivity contribution in [1.29, 1.82) is 0 Å². The van der Waals surface area contributed by atoms with E-state index in [-0.39, 0.29) is 45.5 Å². The van der Waals surface area contributed by atoms with Crippen molar-refractivity contribution in [1.82, 2.24) is 19.5 Å². The molecule has 0 atom stereocenters. The van der Waals surface area contributed by atoms with Crippen LogP contribution in [-0.2, 0) is 0 Å². The number of nitro groups is 1. The number of aromatic nitrogens is 4. The predicted molar refractivity (Wildman–Crippen MR) is 117 cm³/mol. The first kappa shape index (κ1) is 21.0. The van der Waals surface area contributed by atoms with Gasteiger partial charge in [0.1, 0.15) is 5.82 Å². The Bertz CT molecular complexity index is 1480. The summed E-state index contributed by atoms with van der Waals surface area (Å²) in [5.74, 6) is -0.733. The zero-order chi connectivity index (χ0) is 23.3. The quantitative estimate of drug-likeness (QED) is 0.304. The summed E-state index contributed by atoms with van der Waals surface area (Å²) in [5, 5.41) is 11.2. The summed E-state index contributed by atoms with van der Waals surface area (Å²) in [7, 11) is 0. The van der Waals surface area contributed by atoms with Crippen LogP contribution in [0, 0.1) is 22.9 Å². The third-order valence-electron chi connectivity index (χ3n) is 5.20. The lowest BCUT2D eigenvalue weighted by molar-refractivity contribution is -0.389.